The zero-order valence-electron chi connectivity index (χ0n) is 10.3. The van der Waals surface area contributed by atoms with Crippen molar-refractivity contribution in [2.24, 2.45) is 5.92 Å². The summed E-state index contributed by atoms with van der Waals surface area (Å²) in [6.07, 6.45) is 0.660. The number of hydrogen-bond acceptors (Lipinski definition) is 1. The third-order valence-corrected chi connectivity index (χ3v) is 3.30. The van der Waals surface area contributed by atoms with Gasteiger partial charge < -0.3 is 5.32 Å². The van der Waals surface area contributed by atoms with Gasteiger partial charge in [-0.3, -0.25) is 0 Å². The molecule has 1 aliphatic carbocycles. The van der Waals surface area contributed by atoms with Crippen LogP contribution in [-0.4, -0.2) is 6.54 Å². The van der Waals surface area contributed by atoms with E-state index in [2.05, 4.69) is 5.32 Å². The molecule has 18 heavy (non-hydrogen) atoms. The van der Waals surface area contributed by atoms with E-state index in [1.54, 1.807) is 6.07 Å². The second kappa shape index (κ2) is 5.74. The molecule has 0 saturated heterocycles. The smallest absolute Gasteiger partial charge is 0.313 e. The minimum Gasteiger partial charge on any atom is -0.313 e. The number of benzene rings is 1. The summed E-state index contributed by atoms with van der Waals surface area (Å²) in [5.41, 5.74) is -0.198. The Morgan fingerprint density at radius 2 is 1.89 bits per heavy atom. The van der Waals surface area contributed by atoms with Crippen LogP contribution in [0.5, 0.6) is 0 Å². The fraction of sp³-hybridized carbons (Fsp3) is 0.571. The zero-order valence-corrected chi connectivity index (χ0v) is 10.3. The van der Waals surface area contributed by atoms with E-state index in [0.717, 1.165) is 24.9 Å². The van der Waals surface area contributed by atoms with Crippen molar-refractivity contribution < 1.29 is 13.2 Å². The Hall–Kier alpha value is -1.03. The van der Waals surface area contributed by atoms with E-state index in [4.69, 9.17) is 0 Å². The quantitative estimate of drug-likeness (QED) is 0.760. The monoisotopic (exact) mass is 257 g/mol. The highest BCUT2D eigenvalue weighted by Gasteiger charge is 2.32. The van der Waals surface area contributed by atoms with Crippen LogP contribution in [0.1, 0.15) is 36.8 Å². The van der Waals surface area contributed by atoms with Crippen LogP contribution in [0.2, 0.25) is 0 Å². The standard InChI is InChI=1S/C14H18F3N/c15-14(16,17)13-6-2-1-5-12(13)10-18-9-3-4-11-7-8-11/h1-2,5-6,11,18H,3-4,7-10H2. The van der Waals surface area contributed by atoms with Gasteiger partial charge in [-0.1, -0.05) is 31.0 Å². The van der Waals surface area contributed by atoms with Crippen molar-refractivity contribution in [1.29, 1.82) is 0 Å². The maximum atomic E-state index is 12.7. The Morgan fingerprint density at radius 1 is 1.17 bits per heavy atom. The molecule has 0 atom stereocenters. The first-order valence-corrected chi connectivity index (χ1v) is 6.43. The highest BCUT2D eigenvalue weighted by atomic mass is 19.4. The van der Waals surface area contributed by atoms with Crippen molar-refractivity contribution in [3.05, 3.63) is 35.4 Å². The van der Waals surface area contributed by atoms with Crippen molar-refractivity contribution in [2.75, 3.05) is 6.54 Å². The Balaban J connectivity index is 1.80. The number of rotatable bonds is 6. The molecule has 0 radical (unpaired) electrons. The topological polar surface area (TPSA) is 12.0 Å². The van der Waals surface area contributed by atoms with Crippen molar-refractivity contribution in [2.45, 2.75) is 38.4 Å². The van der Waals surface area contributed by atoms with Crippen LogP contribution in [0.15, 0.2) is 24.3 Å². The number of nitrogens with one attached hydrogen (secondary N) is 1. The molecule has 1 aromatic carbocycles. The van der Waals surface area contributed by atoms with Crippen molar-refractivity contribution >= 4 is 0 Å². The molecule has 0 heterocycles. The molecule has 1 nitrogen and oxygen atoms in total. The molecule has 1 N–H and O–H groups in total. The minimum absolute atomic E-state index is 0.292. The normalized spacial score (nSPS) is 15.9. The summed E-state index contributed by atoms with van der Waals surface area (Å²) in [4.78, 5) is 0. The molecule has 0 aromatic heterocycles. The van der Waals surface area contributed by atoms with E-state index in [9.17, 15) is 13.2 Å². The van der Waals surface area contributed by atoms with Gasteiger partial charge in [0.15, 0.2) is 0 Å². The molecular weight excluding hydrogens is 239 g/mol. The summed E-state index contributed by atoms with van der Waals surface area (Å²) in [5, 5.41) is 3.10. The van der Waals surface area contributed by atoms with Gasteiger partial charge in [0.2, 0.25) is 0 Å². The van der Waals surface area contributed by atoms with Crippen molar-refractivity contribution in [3.63, 3.8) is 0 Å². The zero-order chi connectivity index (χ0) is 13.0. The van der Waals surface area contributed by atoms with Gasteiger partial charge in [0, 0.05) is 6.54 Å². The van der Waals surface area contributed by atoms with Crippen LogP contribution >= 0.6 is 0 Å². The summed E-state index contributed by atoms with van der Waals surface area (Å²) in [7, 11) is 0. The molecule has 0 unspecified atom stereocenters. The van der Waals surface area contributed by atoms with E-state index in [1.165, 1.54) is 31.4 Å². The molecule has 0 aliphatic heterocycles. The molecule has 1 aliphatic rings. The predicted molar refractivity (Wildman–Crippen MR) is 65.1 cm³/mol. The molecule has 1 aromatic rings. The van der Waals surface area contributed by atoms with E-state index in [1.807, 2.05) is 0 Å². The Bertz CT molecular complexity index is 383. The third kappa shape index (κ3) is 4.02. The fourth-order valence-corrected chi connectivity index (χ4v) is 2.10. The largest absolute Gasteiger partial charge is 0.416 e. The van der Waals surface area contributed by atoms with E-state index >= 15 is 0 Å². The van der Waals surface area contributed by atoms with Gasteiger partial charge in [0.25, 0.3) is 0 Å². The number of alkyl halides is 3. The minimum atomic E-state index is -4.26. The molecule has 1 saturated carbocycles. The molecular formula is C14H18F3N. The number of hydrogen-bond donors (Lipinski definition) is 1. The second-order valence-corrected chi connectivity index (χ2v) is 4.92. The average Bonchev–Trinajstić information content (AvgIpc) is 3.12. The summed E-state index contributed by atoms with van der Waals surface area (Å²) >= 11 is 0. The van der Waals surface area contributed by atoms with Gasteiger partial charge in [-0.05, 0) is 36.9 Å². The van der Waals surface area contributed by atoms with Gasteiger partial charge in [0.1, 0.15) is 0 Å². The lowest BCUT2D eigenvalue weighted by atomic mass is 10.1. The Labute approximate surface area is 105 Å². The van der Waals surface area contributed by atoms with Gasteiger partial charge in [0.05, 0.1) is 5.56 Å². The molecule has 0 amide bonds. The summed E-state index contributed by atoms with van der Waals surface area (Å²) in [6, 6.07) is 5.76. The van der Waals surface area contributed by atoms with Crippen molar-refractivity contribution in [3.8, 4) is 0 Å². The van der Waals surface area contributed by atoms with E-state index in [0.29, 0.717) is 12.1 Å². The summed E-state index contributed by atoms with van der Waals surface area (Å²) in [6.45, 7) is 1.09. The lowest BCUT2D eigenvalue weighted by molar-refractivity contribution is -0.138. The van der Waals surface area contributed by atoms with Gasteiger partial charge in [-0.15, -0.1) is 0 Å². The summed E-state index contributed by atoms with van der Waals surface area (Å²) in [5.74, 6) is 0.884. The highest BCUT2D eigenvalue weighted by Crippen LogP contribution is 2.33. The second-order valence-electron chi connectivity index (χ2n) is 4.92. The first-order valence-electron chi connectivity index (χ1n) is 6.43. The number of halogens is 3. The Kier molecular flexibility index (Phi) is 4.27. The first-order chi connectivity index (χ1) is 8.57. The predicted octanol–water partition coefficient (Wildman–Crippen LogP) is 3.99. The molecule has 4 heteroatoms. The van der Waals surface area contributed by atoms with Crippen LogP contribution in [0, 0.1) is 5.92 Å². The fourth-order valence-electron chi connectivity index (χ4n) is 2.10. The van der Waals surface area contributed by atoms with Crippen LogP contribution in [-0.2, 0) is 12.7 Å². The molecule has 0 bridgehead atoms. The van der Waals surface area contributed by atoms with E-state index < -0.39 is 11.7 Å². The summed E-state index contributed by atoms with van der Waals surface area (Å²) < 4.78 is 38.1. The lowest BCUT2D eigenvalue weighted by Gasteiger charge is -2.13. The molecule has 2 rings (SSSR count). The Morgan fingerprint density at radius 3 is 2.56 bits per heavy atom. The third-order valence-electron chi connectivity index (χ3n) is 3.30. The lowest BCUT2D eigenvalue weighted by Crippen LogP contribution is -2.18. The van der Waals surface area contributed by atoms with Crippen LogP contribution in [0.25, 0.3) is 0 Å². The average molecular weight is 257 g/mol. The maximum Gasteiger partial charge on any atom is 0.416 e. The van der Waals surface area contributed by atoms with Crippen LogP contribution in [0.4, 0.5) is 13.2 Å². The van der Waals surface area contributed by atoms with Crippen LogP contribution < -0.4 is 5.32 Å². The maximum absolute atomic E-state index is 12.7. The molecule has 0 spiro atoms. The van der Waals surface area contributed by atoms with Gasteiger partial charge in [-0.25, -0.2) is 0 Å². The SMILES string of the molecule is FC(F)(F)c1ccccc1CNCCCC1CC1. The highest BCUT2D eigenvalue weighted by molar-refractivity contribution is 5.29. The van der Waals surface area contributed by atoms with Crippen molar-refractivity contribution in [1.82, 2.24) is 5.32 Å². The van der Waals surface area contributed by atoms with Gasteiger partial charge in [-0.2, -0.15) is 13.2 Å². The first kappa shape index (κ1) is 13.4. The van der Waals surface area contributed by atoms with E-state index in [-0.39, 0.29) is 0 Å². The molecule has 100 valence electrons. The molecule has 1 fully saturated rings. The van der Waals surface area contributed by atoms with Crippen LogP contribution in [0.3, 0.4) is 0 Å². The van der Waals surface area contributed by atoms with Gasteiger partial charge >= 0.3 is 6.18 Å².